The van der Waals surface area contributed by atoms with Gasteiger partial charge in [0.15, 0.2) is 0 Å². The number of hydrogen-bond donors (Lipinski definition) is 0. The van der Waals surface area contributed by atoms with Crippen LogP contribution in [-0.2, 0) is 14.4 Å². The molecule has 1 fully saturated rings. The zero-order valence-electron chi connectivity index (χ0n) is 11.2. The fourth-order valence-corrected chi connectivity index (χ4v) is 2.64. The summed E-state index contributed by atoms with van der Waals surface area (Å²) in [5.41, 5.74) is 1.53. The molecule has 1 aromatic carbocycles. The highest BCUT2D eigenvalue weighted by Crippen LogP contribution is 2.26. The van der Waals surface area contributed by atoms with Crippen LogP contribution in [0.25, 0.3) is 0 Å². The second-order valence-electron chi connectivity index (χ2n) is 4.90. The number of nitrogens with zero attached hydrogens (tertiary/aromatic N) is 2. The van der Waals surface area contributed by atoms with Gasteiger partial charge in [-0.3, -0.25) is 4.79 Å². The van der Waals surface area contributed by atoms with Crippen molar-refractivity contribution in [2.24, 2.45) is 5.16 Å². The Morgan fingerprint density at radius 3 is 2.71 bits per heavy atom. The largest absolute Gasteiger partial charge is 0.382 e. The molecule has 0 N–H and O–H groups in total. The summed E-state index contributed by atoms with van der Waals surface area (Å²) in [4.78, 5) is 19.4. The summed E-state index contributed by atoms with van der Waals surface area (Å²) in [5.74, 6) is -0.0443. The summed E-state index contributed by atoms with van der Waals surface area (Å²) in [5, 5.41) is 4.96. The molecule has 1 aromatic rings. The molecule has 2 heterocycles. The molecule has 0 aromatic heterocycles. The molecule has 0 radical (unpaired) electrons. The van der Waals surface area contributed by atoms with Gasteiger partial charge >= 0.3 is 0 Å². The van der Waals surface area contributed by atoms with E-state index in [4.69, 9.17) is 32.8 Å². The zero-order valence-corrected chi connectivity index (χ0v) is 12.7. The fraction of sp³-hybridized carbons (Fsp3) is 0.429. The number of oxime groups is 1. The Morgan fingerprint density at radius 1 is 1.24 bits per heavy atom. The van der Waals surface area contributed by atoms with Gasteiger partial charge in [0.1, 0.15) is 0 Å². The standard InChI is InChI=1S/C14H14Cl2N2O3/c15-10-2-1-9(7-11(10)16)12-8-13(21-17-12)14(19)18-3-5-20-6-4-18/h1-2,7,13H,3-6,8H2/t13-/m1/s1. The number of carbonyl (C=O) groups is 1. The van der Waals surface area contributed by atoms with E-state index in [1.807, 2.05) is 6.07 Å². The van der Waals surface area contributed by atoms with E-state index in [1.54, 1.807) is 17.0 Å². The van der Waals surface area contributed by atoms with Crippen LogP contribution in [0.2, 0.25) is 10.0 Å². The van der Waals surface area contributed by atoms with Gasteiger partial charge in [0.25, 0.3) is 5.91 Å². The van der Waals surface area contributed by atoms with Gasteiger partial charge in [-0.15, -0.1) is 0 Å². The van der Waals surface area contributed by atoms with E-state index in [0.717, 1.165) is 5.56 Å². The molecule has 0 saturated carbocycles. The van der Waals surface area contributed by atoms with Gasteiger partial charge in [0.2, 0.25) is 6.10 Å². The quantitative estimate of drug-likeness (QED) is 0.837. The lowest BCUT2D eigenvalue weighted by atomic mass is 10.0. The maximum atomic E-state index is 12.3. The minimum Gasteiger partial charge on any atom is -0.382 e. The van der Waals surface area contributed by atoms with Crippen LogP contribution in [0.15, 0.2) is 23.4 Å². The van der Waals surface area contributed by atoms with Crippen molar-refractivity contribution in [3.05, 3.63) is 33.8 Å². The van der Waals surface area contributed by atoms with E-state index >= 15 is 0 Å². The molecule has 0 aliphatic carbocycles. The summed E-state index contributed by atoms with van der Waals surface area (Å²) in [6, 6.07) is 5.25. The van der Waals surface area contributed by atoms with Crippen LogP contribution in [0.1, 0.15) is 12.0 Å². The first-order chi connectivity index (χ1) is 10.1. The number of ether oxygens (including phenoxy) is 1. The summed E-state index contributed by atoms with van der Waals surface area (Å²) in [7, 11) is 0. The Hall–Kier alpha value is -1.30. The van der Waals surface area contributed by atoms with Crippen LogP contribution in [0.5, 0.6) is 0 Å². The number of halogens is 2. The Morgan fingerprint density at radius 2 is 2.00 bits per heavy atom. The van der Waals surface area contributed by atoms with Gasteiger partial charge in [-0.05, 0) is 12.1 Å². The highest BCUT2D eigenvalue weighted by molar-refractivity contribution is 6.42. The fourth-order valence-electron chi connectivity index (χ4n) is 2.34. The van der Waals surface area contributed by atoms with Gasteiger partial charge in [0.05, 0.1) is 29.0 Å². The third kappa shape index (κ3) is 3.15. The second-order valence-corrected chi connectivity index (χ2v) is 5.72. The topological polar surface area (TPSA) is 51.1 Å². The summed E-state index contributed by atoms with van der Waals surface area (Å²) >= 11 is 11.9. The molecule has 1 atom stereocenters. The summed E-state index contributed by atoms with van der Waals surface area (Å²) < 4.78 is 5.24. The first kappa shape index (κ1) is 14.6. The summed E-state index contributed by atoms with van der Waals surface area (Å²) in [6.07, 6.45) is -0.124. The van der Waals surface area contributed by atoms with E-state index in [1.165, 1.54) is 0 Å². The Balaban J connectivity index is 1.66. The average molecular weight is 329 g/mol. The normalized spacial score (nSPS) is 21.9. The van der Waals surface area contributed by atoms with Crippen molar-refractivity contribution in [2.75, 3.05) is 26.3 Å². The minimum atomic E-state index is -0.562. The third-order valence-corrected chi connectivity index (χ3v) is 4.26. The van der Waals surface area contributed by atoms with Crippen LogP contribution in [0.4, 0.5) is 0 Å². The van der Waals surface area contributed by atoms with E-state index in [9.17, 15) is 4.79 Å². The molecule has 2 aliphatic rings. The van der Waals surface area contributed by atoms with Crippen molar-refractivity contribution in [1.29, 1.82) is 0 Å². The molecule has 3 rings (SSSR count). The van der Waals surface area contributed by atoms with Gasteiger partial charge in [0, 0.05) is 25.1 Å². The smallest absolute Gasteiger partial charge is 0.267 e. The number of morpholine rings is 1. The van der Waals surface area contributed by atoms with E-state index in [0.29, 0.717) is 48.5 Å². The number of benzene rings is 1. The lowest BCUT2D eigenvalue weighted by Crippen LogP contribution is -2.45. The maximum Gasteiger partial charge on any atom is 0.267 e. The van der Waals surface area contributed by atoms with Crippen molar-refractivity contribution >= 4 is 34.8 Å². The van der Waals surface area contributed by atoms with E-state index < -0.39 is 6.10 Å². The van der Waals surface area contributed by atoms with Gasteiger partial charge in [-0.1, -0.05) is 34.4 Å². The molecule has 1 saturated heterocycles. The molecule has 112 valence electrons. The first-order valence-corrected chi connectivity index (χ1v) is 7.45. The van der Waals surface area contributed by atoms with Crippen LogP contribution in [-0.4, -0.2) is 48.9 Å². The maximum absolute atomic E-state index is 12.3. The van der Waals surface area contributed by atoms with Gasteiger partial charge in [-0.2, -0.15) is 0 Å². The number of rotatable bonds is 2. The minimum absolute atomic E-state index is 0.0443. The van der Waals surface area contributed by atoms with E-state index in [-0.39, 0.29) is 5.91 Å². The van der Waals surface area contributed by atoms with Crippen molar-refractivity contribution < 1.29 is 14.4 Å². The average Bonchev–Trinajstić information content (AvgIpc) is 3.00. The molecule has 1 amide bonds. The predicted molar refractivity (Wildman–Crippen MR) is 79.9 cm³/mol. The Labute approximate surface area is 132 Å². The van der Waals surface area contributed by atoms with Gasteiger partial charge in [-0.25, -0.2) is 0 Å². The molecular weight excluding hydrogens is 315 g/mol. The lowest BCUT2D eigenvalue weighted by molar-refractivity contribution is -0.146. The first-order valence-electron chi connectivity index (χ1n) is 6.70. The molecule has 0 spiro atoms. The molecule has 5 nitrogen and oxygen atoms in total. The molecule has 2 aliphatic heterocycles. The monoisotopic (exact) mass is 328 g/mol. The third-order valence-electron chi connectivity index (χ3n) is 3.52. The lowest BCUT2D eigenvalue weighted by Gasteiger charge is -2.28. The molecule has 0 bridgehead atoms. The molecule has 0 unspecified atom stereocenters. The number of amides is 1. The van der Waals surface area contributed by atoms with Crippen LogP contribution in [0.3, 0.4) is 0 Å². The SMILES string of the molecule is O=C([C@H]1CC(c2ccc(Cl)c(Cl)c2)=NO1)N1CCOCC1. The van der Waals surface area contributed by atoms with Crippen molar-refractivity contribution in [3.63, 3.8) is 0 Å². The summed E-state index contributed by atoms with van der Waals surface area (Å²) in [6.45, 7) is 2.33. The highest BCUT2D eigenvalue weighted by atomic mass is 35.5. The zero-order chi connectivity index (χ0) is 14.8. The number of hydrogen-bond acceptors (Lipinski definition) is 4. The second kappa shape index (κ2) is 6.22. The van der Waals surface area contributed by atoms with Crippen LogP contribution in [0, 0.1) is 0 Å². The Kier molecular flexibility index (Phi) is 4.33. The number of carbonyl (C=O) groups excluding carboxylic acids is 1. The highest BCUT2D eigenvalue weighted by Gasteiger charge is 2.33. The van der Waals surface area contributed by atoms with Gasteiger partial charge < -0.3 is 14.5 Å². The molecular formula is C14H14Cl2N2O3. The Bertz CT molecular complexity index is 586. The predicted octanol–water partition coefficient (Wildman–Crippen LogP) is 2.35. The van der Waals surface area contributed by atoms with Crippen LogP contribution >= 0.6 is 23.2 Å². The molecule has 7 heteroatoms. The molecule has 21 heavy (non-hydrogen) atoms. The van der Waals surface area contributed by atoms with Crippen molar-refractivity contribution in [3.8, 4) is 0 Å². The van der Waals surface area contributed by atoms with Crippen molar-refractivity contribution in [1.82, 2.24) is 4.90 Å². The van der Waals surface area contributed by atoms with Crippen LogP contribution < -0.4 is 0 Å². The van der Waals surface area contributed by atoms with Crippen molar-refractivity contribution in [2.45, 2.75) is 12.5 Å². The van der Waals surface area contributed by atoms with E-state index in [2.05, 4.69) is 5.16 Å².